The lowest BCUT2D eigenvalue weighted by molar-refractivity contribution is -0.129. The van der Waals surface area contributed by atoms with E-state index in [-0.39, 0.29) is 34.8 Å². The number of aryl methyl sites for hydroxylation is 2. The molecule has 2 aliphatic rings. The van der Waals surface area contributed by atoms with Gasteiger partial charge in [-0.3, -0.25) is 4.79 Å². The van der Waals surface area contributed by atoms with E-state index in [1.54, 1.807) is 85.8 Å². The molecule has 0 radical (unpaired) electrons. The summed E-state index contributed by atoms with van der Waals surface area (Å²) in [5.74, 6) is -2.69. The summed E-state index contributed by atoms with van der Waals surface area (Å²) in [5.41, 5.74) is 2.94. The molecule has 0 aliphatic heterocycles. The van der Waals surface area contributed by atoms with Gasteiger partial charge in [0.25, 0.3) is 0 Å². The summed E-state index contributed by atoms with van der Waals surface area (Å²) in [5, 5.41) is -1.37. The predicted octanol–water partition coefficient (Wildman–Crippen LogP) is 7.64. The number of benzene rings is 3. The lowest BCUT2D eigenvalue weighted by Crippen LogP contribution is -2.54. The Morgan fingerprint density at radius 3 is 2.11 bits per heavy atom. The van der Waals surface area contributed by atoms with Gasteiger partial charge in [0.15, 0.2) is 19.7 Å². The van der Waals surface area contributed by atoms with Gasteiger partial charge in [0.1, 0.15) is 5.78 Å². The van der Waals surface area contributed by atoms with E-state index in [2.05, 4.69) is 13.2 Å². The number of rotatable bonds is 8. The Kier molecular flexibility index (Phi) is 9.22. The van der Waals surface area contributed by atoms with Gasteiger partial charge in [-0.15, -0.1) is 0 Å². The molecule has 0 N–H and O–H groups in total. The van der Waals surface area contributed by atoms with Crippen molar-refractivity contribution in [2.24, 2.45) is 17.8 Å². The van der Waals surface area contributed by atoms with Crippen molar-refractivity contribution in [1.29, 1.82) is 0 Å². The van der Waals surface area contributed by atoms with Crippen LogP contribution in [-0.2, 0) is 24.5 Å². The molecule has 0 amide bonds. The molecule has 3 aromatic rings. The number of allylic oxidation sites excluding steroid dienone is 4. The predicted molar refractivity (Wildman–Crippen MR) is 176 cm³/mol. The molecule has 2 saturated carbocycles. The van der Waals surface area contributed by atoms with Crippen LogP contribution in [-0.4, -0.2) is 33.1 Å². The fourth-order valence-electron chi connectivity index (χ4n) is 7.28. The number of hydrogen-bond acceptors (Lipinski definition) is 5. The van der Waals surface area contributed by atoms with E-state index in [4.69, 9.17) is 11.6 Å². The summed E-state index contributed by atoms with van der Waals surface area (Å²) >= 11 is 6.22. The molecule has 8 heteroatoms. The maximum Gasteiger partial charge on any atom is 0.182 e. The summed E-state index contributed by atoms with van der Waals surface area (Å²) in [6, 6.07) is 20.7. The quantitative estimate of drug-likeness (QED) is 0.234. The van der Waals surface area contributed by atoms with Crippen LogP contribution in [0.4, 0.5) is 0 Å². The average molecular weight is 649 g/mol. The zero-order chi connectivity index (χ0) is 31.8. The molecular formula is C36H37ClO5S2. The van der Waals surface area contributed by atoms with Crippen molar-refractivity contribution in [1.82, 2.24) is 0 Å². The van der Waals surface area contributed by atoms with Crippen molar-refractivity contribution >= 4 is 37.1 Å². The topological polar surface area (TPSA) is 85.3 Å². The summed E-state index contributed by atoms with van der Waals surface area (Å²) in [6.07, 6.45) is 5.11. The van der Waals surface area contributed by atoms with Crippen LogP contribution >= 0.6 is 11.6 Å². The molecule has 6 atom stereocenters. The van der Waals surface area contributed by atoms with Crippen molar-refractivity contribution in [2.45, 2.75) is 59.3 Å². The van der Waals surface area contributed by atoms with Crippen LogP contribution in [0.2, 0.25) is 5.02 Å². The van der Waals surface area contributed by atoms with Gasteiger partial charge in [-0.2, -0.15) is 0 Å². The largest absolute Gasteiger partial charge is 0.299 e. The Labute approximate surface area is 266 Å². The van der Waals surface area contributed by atoms with Crippen molar-refractivity contribution in [3.8, 4) is 0 Å². The molecule has 0 bridgehead atoms. The summed E-state index contributed by atoms with van der Waals surface area (Å²) in [4.78, 5) is 14.4. The van der Waals surface area contributed by atoms with Crippen molar-refractivity contribution < 1.29 is 21.6 Å². The number of fused-ring (bicyclic) bond motifs is 1. The highest BCUT2D eigenvalue weighted by molar-refractivity contribution is 7.92. The number of sulfone groups is 2. The minimum Gasteiger partial charge on any atom is -0.299 e. The molecule has 5 nitrogen and oxygen atoms in total. The van der Waals surface area contributed by atoms with E-state index < -0.39 is 53.8 Å². The summed E-state index contributed by atoms with van der Waals surface area (Å²) in [6.45, 7) is 11.4. The maximum absolute atomic E-state index is 14.6. The first kappa shape index (κ1) is 32.1. The second-order valence-electron chi connectivity index (χ2n) is 12.0. The fourth-order valence-corrected chi connectivity index (χ4v) is 12.0. The third kappa shape index (κ3) is 5.90. The van der Waals surface area contributed by atoms with Gasteiger partial charge in [-0.05, 0) is 79.6 Å². The molecule has 2 aliphatic carbocycles. The Morgan fingerprint density at radius 2 is 1.50 bits per heavy atom. The van der Waals surface area contributed by atoms with Crippen LogP contribution in [0.1, 0.15) is 41.9 Å². The van der Waals surface area contributed by atoms with Crippen LogP contribution in [0.3, 0.4) is 0 Å². The lowest BCUT2D eigenvalue weighted by atomic mass is 9.61. The molecule has 230 valence electrons. The Morgan fingerprint density at radius 1 is 0.841 bits per heavy atom. The normalized spacial score (nSPS) is 26.1. The molecule has 5 rings (SSSR count). The SMILES string of the molecule is C=C/C=C(\C=C)C1CC(=O)[C@@H]2CC(S(=O)(=O)c3ccccc3C)C(c3ccc(Cl)cc3)CC2C1S(=O)(=O)c1ccc(C)cc1. The first-order valence-corrected chi connectivity index (χ1v) is 18.2. The second-order valence-corrected chi connectivity index (χ2v) is 16.6. The van der Waals surface area contributed by atoms with Crippen molar-refractivity contribution in [3.63, 3.8) is 0 Å². The molecule has 0 saturated heterocycles. The van der Waals surface area contributed by atoms with Gasteiger partial charge in [0.2, 0.25) is 0 Å². The van der Waals surface area contributed by atoms with Gasteiger partial charge in [0.05, 0.1) is 20.3 Å². The van der Waals surface area contributed by atoms with Gasteiger partial charge >= 0.3 is 0 Å². The van der Waals surface area contributed by atoms with Gasteiger partial charge in [-0.25, -0.2) is 16.8 Å². The minimum absolute atomic E-state index is 0.0225. The fraction of sp³-hybridized carbons (Fsp3) is 0.306. The van der Waals surface area contributed by atoms with Crippen LogP contribution in [0.25, 0.3) is 0 Å². The number of halogens is 1. The molecule has 2 fully saturated rings. The molecule has 5 unspecified atom stereocenters. The van der Waals surface area contributed by atoms with E-state index in [9.17, 15) is 21.6 Å². The van der Waals surface area contributed by atoms with Crippen molar-refractivity contribution in [3.05, 3.63) is 131 Å². The number of hydrogen-bond donors (Lipinski definition) is 0. The Balaban J connectivity index is 1.70. The van der Waals surface area contributed by atoms with E-state index in [0.717, 1.165) is 11.1 Å². The van der Waals surface area contributed by atoms with E-state index in [0.29, 0.717) is 16.2 Å². The lowest BCUT2D eigenvalue weighted by Gasteiger charge is -2.49. The van der Waals surface area contributed by atoms with Crippen molar-refractivity contribution in [2.75, 3.05) is 0 Å². The molecule has 0 heterocycles. The molecule has 44 heavy (non-hydrogen) atoms. The van der Waals surface area contributed by atoms with Crippen LogP contribution < -0.4 is 0 Å². The standard InChI is InChI=1S/C36H37ClO5S2/c1-5-9-25(6-2)30-21-33(38)31-22-35(44(41,42)34-11-8-7-10-24(34)4)29(26-14-16-27(37)17-15-26)20-32(31)36(30)43(39,40)28-18-12-23(3)13-19-28/h5-19,29-32,35-36H,1-2,20-22H2,3-4H3/b25-9+/t29?,30?,31-,32?,35?,36?/m1/s1. The van der Waals surface area contributed by atoms with Gasteiger partial charge in [0, 0.05) is 29.2 Å². The Hall–Kier alpha value is -3.26. The number of carbonyl (C=O) groups excluding carboxylic acids is 1. The zero-order valence-corrected chi connectivity index (χ0v) is 27.3. The number of ketones is 1. The molecular weight excluding hydrogens is 612 g/mol. The highest BCUT2D eigenvalue weighted by atomic mass is 35.5. The van der Waals surface area contributed by atoms with Crippen LogP contribution in [0, 0.1) is 31.6 Å². The Bertz CT molecular complexity index is 1820. The van der Waals surface area contributed by atoms with Crippen LogP contribution in [0.5, 0.6) is 0 Å². The van der Waals surface area contributed by atoms with E-state index in [1.165, 1.54) is 0 Å². The third-order valence-corrected chi connectivity index (χ3v) is 14.4. The smallest absolute Gasteiger partial charge is 0.182 e. The molecule has 3 aromatic carbocycles. The highest BCUT2D eigenvalue weighted by Gasteiger charge is 2.56. The minimum atomic E-state index is -3.97. The average Bonchev–Trinajstić information content (AvgIpc) is 2.99. The maximum atomic E-state index is 14.6. The highest BCUT2D eigenvalue weighted by Crippen LogP contribution is 2.53. The van der Waals surface area contributed by atoms with Crippen LogP contribution in [0.15, 0.2) is 120 Å². The monoisotopic (exact) mass is 648 g/mol. The van der Waals surface area contributed by atoms with E-state index >= 15 is 0 Å². The van der Waals surface area contributed by atoms with Gasteiger partial charge in [-0.1, -0.05) is 91.0 Å². The number of Topliss-reactive ketones (excluding diaryl/α,β-unsaturated/α-hetero) is 1. The second kappa shape index (κ2) is 12.6. The zero-order valence-electron chi connectivity index (χ0n) is 24.9. The molecule has 0 aromatic heterocycles. The third-order valence-electron chi connectivity index (χ3n) is 9.41. The summed E-state index contributed by atoms with van der Waals surface area (Å²) in [7, 11) is -7.87. The van der Waals surface area contributed by atoms with Gasteiger partial charge < -0.3 is 0 Å². The molecule has 0 spiro atoms. The first-order chi connectivity index (χ1) is 20.9. The summed E-state index contributed by atoms with van der Waals surface area (Å²) < 4.78 is 58.0. The first-order valence-electron chi connectivity index (χ1n) is 14.7. The number of carbonyl (C=O) groups is 1. The van der Waals surface area contributed by atoms with E-state index in [1.807, 2.05) is 19.1 Å².